The van der Waals surface area contributed by atoms with Crippen molar-refractivity contribution in [2.45, 2.75) is 24.7 Å². The molecular formula is C20H17F3N4. The SMILES string of the molecule is CNc1nc(C2C=NC=CC2)nc2c1=CCC(c1ccc(F)c(F)c1F)C=2. The fourth-order valence-corrected chi connectivity index (χ4v) is 3.39. The van der Waals surface area contributed by atoms with Gasteiger partial charge in [0.05, 0.1) is 11.3 Å². The number of allylic oxidation sites excluding steroid dienone is 1. The van der Waals surface area contributed by atoms with Crippen LogP contribution in [-0.2, 0) is 0 Å². The van der Waals surface area contributed by atoms with E-state index >= 15 is 0 Å². The molecule has 4 rings (SSSR count). The fourth-order valence-electron chi connectivity index (χ4n) is 3.39. The van der Waals surface area contributed by atoms with Crippen molar-refractivity contribution >= 4 is 24.2 Å². The van der Waals surface area contributed by atoms with Crippen LogP contribution in [0.4, 0.5) is 19.0 Å². The lowest BCUT2D eigenvalue weighted by Gasteiger charge is -2.18. The highest BCUT2D eigenvalue weighted by molar-refractivity contribution is 5.68. The minimum absolute atomic E-state index is 0.0406. The molecule has 0 saturated heterocycles. The highest BCUT2D eigenvalue weighted by Gasteiger charge is 2.22. The van der Waals surface area contributed by atoms with E-state index in [0.29, 0.717) is 23.4 Å². The van der Waals surface area contributed by atoms with Crippen molar-refractivity contribution in [1.29, 1.82) is 0 Å². The Kier molecular flexibility index (Phi) is 4.51. The molecule has 2 atom stereocenters. The van der Waals surface area contributed by atoms with E-state index in [0.717, 1.165) is 17.7 Å². The van der Waals surface area contributed by atoms with E-state index < -0.39 is 23.4 Å². The Balaban J connectivity index is 1.82. The third kappa shape index (κ3) is 3.13. The first-order valence-corrected chi connectivity index (χ1v) is 8.68. The van der Waals surface area contributed by atoms with Crippen molar-refractivity contribution in [3.63, 3.8) is 0 Å². The van der Waals surface area contributed by atoms with Gasteiger partial charge in [0.1, 0.15) is 11.6 Å². The van der Waals surface area contributed by atoms with Gasteiger partial charge in [-0.1, -0.05) is 18.2 Å². The Morgan fingerprint density at radius 3 is 2.63 bits per heavy atom. The molecule has 0 fully saturated rings. The Bertz CT molecular complexity index is 1080. The summed E-state index contributed by atoms with van der Waals surface area (Å²) in [7, 11) is 1.77. The first-order valence-electron chi connectivity index (χ1n) is 8.68. The summed E-state index contributed by atoms with van der Waals surface area (Å²) in [6.45, 7) is 0. The molecule has 0 saturated carbocycles. The molecule has 2 heterocycles. The van der Waals surface area contributed by atoms with Gasteiger partial charge in [-0.3, -0.25) is 4.99 Å². The molecule has 0 bridgehead atoms. The Hall–Kier alpha value is -2.96. The molecule has 1 N–H and O–H groups in total. The van der Waals surface area contributed by atoms with Gasteiger partial charge in [0.15, 0.2) is 17.5 Å². The van der Waals surface area contributed by atoms with Crippen molar-refractivity contribution in [2.24, 2.45) is 4.99 Å². The minimum atomic E-state index is -1.45. The van der Waals surface area contributed by atoms with Crippen LogP contribution in [0, 0.1) is 17.5 Å². The van der Waals surface area contributed by atoms with Gasteiger partial charge in [-0.05, 0) is 30.5 Å². The second-order valence-corrected chi connectivity index (χ2v) is 6.48. The van der Waals surface area contributed by atoms with E-state index in [1.54, 1.807) is 25.5 Å². The molecule has 0 amide bonds. The van der Waals surface area contributed by atoms with Crippen LogP contribution in [0.3, 0.4) is 0 Å². The monoisotopic (exact) mass is 370 g/mol. The zero-order chi connectivity index (χ0) is 19.0. The summed E-state index contributed by atoms with van der Waals surface area (Å²) in [5.74, 6) is -2.97. The zero-order valence-electron chi connectivity index (χ0n) is 14.6. The van der Waals surface area contributed by atoms with Crippen LogP contribution < -0.4 is 15.9 Å². The van der Waals surface area contributed by atoms with Gasteiger partial charge in [0, 0.05) is 30.6 Å². The number of nitrogens with one attached hydrogen (secondary N) is 1. The molecular weight excluding hydrogens is 353 g/mol. The number of nitrogens with zero attached hydrogens (tertiary/aromatic N) is 3. The van der Waals surface area contributed by atoms with Crippen LogP contribution in [0.15, 0.2) is 29.4 Å². The summed E-state index contributed by atoms with van der Waals surface area (Å²) < 4.78 is 41.1. The van der Waals surface area contributed by atoms with E-state index in [-0.39, 0.29) is 11.5 Å². The van der Waals surface area contributed by atoms with Crippen LogP contribution in [0.2, 0.25) is 0 Å². The number of hydrogen-bond donors (Lipinski definition) is 1. The lowest BCUT2D eigenvalue weighted by Crippen LogP contribution is -2.37. The largest absolute Gasteiger partial charge is 0.373 e. The summed E-state index contributed by atoms with van der Waals surface area (Å²) in [5.41, 5.74) is 0.115. The average molecular weight is 370 g/mol. The van der Waals surface area contributed by atoms with Crippen molar-refractivity contribution in [3.8, 4) is 0 Å². The Morgan fingerprint density at radius 2 is 1.89 bits per heavy atom. The molecule has 2 aromatic rings. The first-order chi connectivity index (χ1) is 13.1. The van der Waals surface area contributed by atoms with Crippen molar-refractivity contribution in [3.05, 3.63) is 63.8 Å². The summed E-state index contributed by atoms with van der Waals surface area (Å²) in [4.78, 5) is 13.4. The number of anilines is 1. The van der Waals surface area contributed by atoms with Gasteiger partial charge in [-0.2, -0.15) is 0 Å². The molecule has 0 spiro atoms. The van der Waals surface area contributed by atoms with Crippen molar-refractivity contribution < 1.29 is 13.2 Å². The quantitative estimate of drug-likeness (QED) is 0.846. The van der Waals surface area contributed by atoms with Gasteiger partial charge in [-0.25, -0.2) is 23.1 Å². The van der Waals surface area contributed by atoms with Gasteiger partial charge >= 0.3 is 0 Å². The van der Waals surface area contributed by atoms with Gasteiger partial charge in [0.25, 0.3) is 0 Å². The Morgan fingerprint density at radius 1 is 1.04 bits per heavy atom. The zero-order valence-corrected chi connectivity index (χ0v) is 14.6. The van der Waals surface area contributed by atoms with Gasteiger partial charge in [0.2, 0.25) is 0 Å². The van der Waals surface area contributed by atoms with E-state index in [2.05, 4.69) is 20.3 Å². The van der Waals surface area contributed by atoms with Crippen LogP contribution in [-0.4, -0.2) is 23.2 Å². The predicted molar refractivity (Wildman–Crippen MR) is 98.4 cm³/mol. The van der Waals surface area contributed by atoms with Gasteiger partial charge < -0.3 is 5.32 Å². The number of halogens is 3. The minimum Gasteiger partial charge on any atom is -0.373 e. The van der Waals surface area contributed by atoms with Crippen LogP contribution in [0.1, 0.15) is 36.1 Å². The van der Waals surface area contributed by atoms with E-state index in [1.165, 1.54) is 6.07 Å². The molecule has 1 aliphatic carbocycles. The summed E-state index contributed by atoms with van der Waals surface area (Å²) >= 11 is 0. The summed E-state index contributed by atoms with van der Waals surface area (Å²) in [6, 6.07) is 2.24. The first kappa shape index (κ1) is 17.5. The fraction of sp³-hybridized carbons (Fsp3) is 0.250. The smallest absolute Gasteiger partial charge is 0.194 e. The molecule has 27 heavy (non-hydrogen) atoms. The van der Waals surface area contributed by atoms with E-state index in [9.17, 15) is 13.2 Å². The highest BCUT2D eigenvalue weighted by atomic mass is 19.2. The highest BCUT2D eigenvalue weighted by Crippen LogP contribution is 2.28. The van der Waals surface area contributed by atoms with Crippen molar-refractivity contribution in [1.82, 2.24) is 9.97 Å². The standard InChI is InChI=1S/C20H17F3N4/c1-24-20-14-5-4-11(13-6-7-15(21)18(23)17(13)22)9-16(14)26-19(27-20)12-3-2-8-25-10-12/h2,5-12H,3-4H2,1H3,(H,24,26,27). The summed E-state index contributed by atoms with van der Waals surface area (Å²) in [5, 5.41) is 4.54. The molecule has 0 radical (unpaired) electrons. The maximum atomic E-state index is 14.2. The number of fused-ring (bicyclic) bond motifs is 1. The van der Waals surface area contributed by atoms with Crippen LogP contribution >= 0.6 is 0 Å². The average Bonchev–Trinajstić information content (AvgIpc) is 2.71. The maximum absolute atomic E-state index is 14.2. The molecule has 4 nitrogen and oxygen atoms in total. The molecule has 2 unspecified atom stereocenters. The van der Waals surface area contributed by atoms with Crippen LogP contribution in [0.5, 0.6) is 0 Å². The second-order valence-electron chi connectivity index (χ2n) is 6.48. The molecule has 2 aliphatic rings. The second kappa shape index (κ2) is 6.98. The number of rotatable bonds is 3. The topological polar surface area (TPSA) is 50.2 Å². The third-order valence-electron chi connectivity index (χ3n) is 4.81. The van der Waals surface area contributed by atoms with E-state index in [4.69, 9.17) is 0 Å². The third-order valence-corrected chi connectivity index (χ3v) is 4.81. The lowest BCUT2D eigenvalue weighted by molar-refractivity contribution is 0.439. The van der Waals surface area contributed by atoms with E-state index in [1.807, 2.05) is 12.2 Å². The number of aromatic nitrogens is 2. The molecule has 1 aromatic carbocycles. The molecule has 1 aliphatic heterocycles. The molecule has 7 heteroatoms. The maximum Gasteiger partial charge on any atom is 0.194 e. The van der Waals surface area contributed by atoms with Gasteiger partial charge in [-0.15, -0.1) is 0 Å². The lowest BCUT2D eigenvalue weighted by atomic mass is 9.91. The number of hydrogen-bond acceptors (Lipinski definition) is 4. The number of benzene rings is 1. The van der Waals surface area contributed by atoms with Crippen molar-refractivity contribution in [2.75, 3.05) is 12.4 Å². The molecule has 138 valence electrons. The number of aliphatic imine (C=N–C) groups is 1. The van der Waals surface area contributed by atoms with Crippen LogP contribution in [0.25, 0.3) is 12.2 Å². The Labute approximate surface area is 153 Å². The molecule has 1 aromatic heterocycles. The predicted octanol–water partition coefficient (Wildman–Crippen LogP) is 2.76. The summed E-state index contributed by atoms with van der Waals surface area (Å²) in [6.07, 6.45) is 10.3. The normalized spacial score (nSPS) is 20.6.